The van der Waals surface area contributed by atoms with Gasteiger partial charge >= 0.3 is 0 Å². The van der Waals surface area contributed by atoms with Crippen LogP contribution in [0.25, 0.3) is 21.5 Å². The molecular weight excluding hydrogens is 210 g/mol. The number of hydrogen-bond acceptors (Lipinski definition) is 2. The molecule has 0 radical (unpaired) electrons. The van der Waals surface area contributed by atoms with E-state index in [9.17, 15) is 0 Å². The molecule has 0 atom stereocenters. The van der Waals surface area contributed by atoms with Crippen LogP contribution in [0.1, 0.15) is 0 Å². The van der Waals surface area contributed by atoms with E-state index in [1.54, 1.807) is 0 Å². The van der Waals surface area contributed by atoms with Crippen LogP contribution < -0.4 is 4.74 Å². The van der Waals surface area contributed by atoms with Crippen LogP contribution in [0.2, 0.25) is 0 Å². The predicted molar refractivity (Wildman–Crippen MR) is 70.2 cm³/mol. The molecule has 0 aromatic heterocycles. The number of nitrogens with zero attached hydrogens (tertiary/aromatic N) is 1. The number of hydrogen-bond donors (Lipinski definition) is 0. The van der Waals surface area contributed by atoms with E-state index in [1.165, 1.54) is 17.2 Å². The first-order chi connectivity index (χ1) is 8.43. The fourth-order valence-electron chi connectivity index (χ4n) is 2.42. The van der Waals surface area contributed by atoms with Gasteiger partial charge < -0.3 is 4.74 Å². The van der Waals surface area contributed by atoms with Crippen LogP contribution in [0, 0.1) is 0 Å². The van der Waals surface area contributed by atoms with E-state index in [2.05, 4.69) is 29.3 Å². The van der Waals surface area contributed by atoms with Crippen LogP contribution in [0.3, 0.4) is 0 Å². The minimum atomic E-state index is 0.920. The maximum Gasteiger partial charge on any atom is 0.181 e. The van der Waals surface area contributed by atoms with Gasteiger partial charge in [0.25, 0.3) is 0 Å². The molecule has 0 N–H and O–H groups in total. The van der Waals surface area contributed by atoms with E-state index in [1.807, 2.05) is 24.3 Å². The Kier molecular flexibility index (Phi) is 1.59. The van der Waals surface area contributed by atoms with Crippen LogP contribution in [-0.2, 0) is 0 Å². The molecule has 0 aliphatic carbocycles. The molecule has 0 amide bonds. The van der Waals surface area contributed by atoms with Gasteiger partial charge in [0.15, 0.2) is 6.40 Å². The smallest absolute Gasteiger partial charge is 0.181 e. The summed E-state index contributed by atoms with van der Waals surface area (Å²) in [5.74, 6) is 0.920. The number of benzene rings is 3. The number of rotatable bonds is 0. The average Bonchev–Trinajstić information content (AvgIpc) is 2.39. The predicted octanol–water partition coefficient (Wildman–Crippen LogP) is 4.05. The minimum absolute atomic E-state index is 0.920. The lowest BCUT2D eigenvalue weighted by atomic mass is 10.0. The Morgan fingerprint density at radius 3 is 2.76 bits per heavy atom. The molecule has 3 aromatic rings. The molecule has 80 valence electrons. The lowest BCUT2D eigenvalue weighted by Gasteiger charge is -2.14. The van der Waals surface area contributed by atoms with E-state index < -0.39 is 0 Å². The highest BCUT2D eigenvalue weighted by atomic mass is 16.5. The van der Waals surface area contributed by atoms with Gasteiger partial charge in [0.1, 0.15) is 5.75 Å². The normalized spacial score (nSPS) is 12.9. The molecule has 1 aliphatic heterocycles. The fourth-order valence-corrected chi connectivity index (χ4v) is 2.42. The van der Waals surface area contributed by atoms with Gasteiger partial charge in [-0.15, -0.1) is 0 Å². The molecule has 0 bridgehead atoms. The van der Waals surface area contributed by atoms with Gasteiger partial charge in [0.05, 0.1) is 11.1 Å². The molecule has 1 aliphatic rings. The van der Waals surface area contributed by atoms with Crippen molar-refractivity contribution < 1.29 is 4.74 Å². The van der Waals surface area contributed by atoms with Gasteiger partial charge in [0.2, 0.25) is 0 Å². The molecule has 0 unspecified atom stereocenters. The Morgan fingerprint density at radius 2 is 1.76 bits per heavy atom. The van der Waals surface area contributed by atoms with Gasteiger partial charge in [-0.2, -0.15) is 0 Å². The van der Waals surface area contributed by atoms with Crippen molar-refractivity contribution in [2.75, 3.05) is 0 Å². The fraction of sp³-hybridized carbons (Fsp3) is 0. The van der Waals surface area contributed by atoms with Gasteiger partial charge in [0, 0.05) is 5.39 Å². The molecular formula is C15H9NO. The van der Waals surface area contributed by atoms with Crippen molar-refractivity contribution in [3.8, 4) is 5.75 Å². The largest absolute Gasteiger partial charge is 0.444 e. The number of fused-ring (bicyclic) bond motifs is 2. The van der Waals surface area contributed by atoms with E-state index in [0.717, 1.165) is 22.2 Å². The Hall–Kier alpha value is -2.35. The van der Waals surface area contributed by atoms with Crippen molar-refractivity contribution in [1.29, 1.82) is 0 Å². The quantitative estimate of drug-likeness (QED) is 0.523. The molecule has 3 aromatic carbocycles. The summed E-state index contributed by atoms with van der Waals surface area (Å²) < 4.78 is 5.62. The molecule has 4 rings (SSSR count). The minimum Gasteiger partial charge on any atom is -0.444 e. The monoisotopic (exact) mass is 219 g/mol. The van der Waals surface area contributed by atoms with Crippen molar-refractivity contribution in [2.24, 2.45) is 4.99 Å². The molecule has 1 heterocycles. The van der Waals surface area contributed by atoms with Crippen molar-refractivity contribution in [3.05, 3.63) is 48.5 Å². The Balaban J connectivity index is 2.33. The highest BCUT2D eigenvalue weighted by molar-refractivity contribution is 6.11. The van der Waals surface area contributed by atoms with Crippen molar-refractivity contribution in [3.63, 3.8) is 0 Å². The second-order valence-electron chi connectivity index (χ2n) is 4.15. The van der Waals surface area contributed by atoms with E-state index >= 15 is 0 Å². The zero-order chi connectivity index (χ0) is 11.2. The molecule has 2 heteroatoms. The Labute approximate surface area is 98.2 Å². The topological polar surface area (TPSA) is 21.6 Å². The SMILES string of the molecule is C1=Nc2cccc3cc4ccccc4c(c23)O1. The van der Waals surface area contributed by atoms with Crippen LogP contribution in [0.4, 0.5) is 5.69 Å². The number of ether oxygens (including phenoxy) is 1. The average molecular weight is 219 g/mol. The summed E-state index contributed by atoms with van der Waals surface area (Å²) in [4.78, 5) is 4.27. The third-order valence-corrected chi connectivity index (χ3v) is 3.18. The standard InChI is InChI=1S/C15H9NO/c1-2-6-12-10(4-1)8-11-5-3-7-13-14(11)15(12)17-9-16-13/h1-9H. The summed E-state index contributed by atoms with van der Waals surface area (Å²) in [5.41, 5.74) is 0.981. The van der Waals surface area contributed by atoms with Gasteiger partial charge in [-0.05, 0) is 22.9 Å². The Morgan fingerprint density at radius 1 is 0.882 bits per heavy atom. The summed E-state index contributed by atoms with van der Waals surface area (Å²) in [6.45, 7) is 0. The highest BCUT2D eigenvalue weighted by Gasteiger charge is 2.14. The van der Waals surface area contributed by atoms with Crippen molar-refractivity contribution >= 4 is 33.6 Å². The third-order valence-electron chi connectivity index (χ3n) is 3.18. The van der Waals surface area contributed by atoms with Crippen LogP contribution in [-0.4, -0.2) is 6.40 Å². The molecule has 17 heavy (non-hydrogen) atoms. The van der Waals surface area contributed by atoms with Gasteiger partial charge in [-0.25, -0.2) is 4.99 Å². The number of aliphatic imine (C=N–C) groups is 1. The zero-order valence-electron chi connectivity index (χ0n) is 9.05. The first-order valence-corrected chi connectivity index (χ1v) is 5.57. The maximum atomic E-state index is 5.62. The zero-order valence-corrected chi connectivity index (χ0v) is 9.05. The van der Waals surface area contributed by atoms with E-state index in [-0.39, 0.29) is 0 Å². The summed E-state index contributed by atoms with van der Waals surface area (Å²) in [6.07, 6.45) is 1.52. The van der Waals surface area contributed by atoms with Crippen LogP contribution >= 0.6 is 0 Å². The van der Waals surface area contributed by atoms with E-state index in [4.69, 9.17) is 4.74 Å². The first-order valence-electron chi connectivity index (χ1n) is 5.57. The molecule has 0 spiro atoms. The summed E-state index contributed by atoms with van der Waals surface area (Å²) >= 11 is 0. The lowest BCUT2D eigenvalue weighted by Crippen LogP contribution is -1.96. The van der Waals surface area contributed by atoms with Crippen LogP contribution in [0.5, 0.6) is 5.75 Å². The molecule has 0 saturated heterocycles. The lowest BCUT2D eigenvalue weighted by molar-refractivity contribution is 0.584. The van der Waals surface area contributed by atoms with Gasteiger partial charge in [-0.1, -0.05) is 36.4 Å². The first kappa shape index (κ1) is 8.76. The van der Waals surface area contributed by atoms with Crippen molar-refractivity contribution in [2.45, 2.75) is 0 Å². The summed E-state index contributed by atoms with van der Waals surface area (Å²) in [5, 5.41) is 4.61. The summed E-state index contributed by atoms with van der Waals surface area (Å²) in [7, 11) is 0. The van der Waals surface area contributed by atoms with E-state index in [0.29, 0.717) is 0 Å². The highest BCUT2D eigenvalue weighted by Crippen LogP contribution is 2.41. The Bertz CT molecular complexity index is 774. The maximum absolute atomic E-state index is 5.62. The molecule has 2 nitrogen and oxygen atoms in total. The second-order valence-corrected chi connectivity index (χ2v) is 4.15. The summed E-state index contributed by atoms with van der Waals surface area (Å²) in [6, 6.07) is 16.6. The second kappa shape index (κ2) is 3.08. The molecule has 0 saturated carbocycles. The third kappa shape index (κ3) is 1.12. The molecule has 0 fully saturated rings. The van der Waals surface area contributed by atoms with Crippen LogP contribution in [0.15, 0.2) is 53.5 Å². The van der Waals surface area contributed by atoms with Gasteiger partial charge in [-0.3, -0.25) is 0 Å². The van der Waals surface area contributed by atoms with Crippen molar-refractivity contribution in [1.82, 2.24) is 0 Å².